The fourth-order valence-corrected chi connectivity index (χ4v) is 4.83. The van der Waals surface area contributed by atoms with Crippen molar-refractivity contribution in [3.63, 3.8) is 0 Å². The molecule has 4 nitrogen and oxygen atoms in total. The Kier molecular flexibility index (Phi) is 6.92. The van der Waals surface area contributed by atoms with E-state index in [0.717, 1.165) is 40.7 Å². The third kappa shape index (κ3) is 5.09. The summed E-state index contributed by atoms with van der Waals surface area (Å²) < 4.78 is 20.0. The molecule has 0 radical (unpaired) electrons. The standard InChI is InChI=1S/C29H27FO4/c1-3-24-25(20-10-8-19(9-11-20)14-29(32)33)15-21-12-13-23(34-18(2)31)17-26(21)27(24)16-22-6-4-5-7-28(22)30/h4-13,17,25H,3,14-16H2,1-2H3,(H,32,33). The first-order valence-corrected chi connectivity index (χ1v) is 11.4. The van der Waals surface area contributed by atoms with E-state index in [0.29, 0.717) is 17.7 Å². The molecule has 0 heterocycles. The summed E-state index contributed by atoms with van der Waals surface area (Å²) in [5.74, 6) is -0.917. The Morgan fingerprint density at radius 1 is 1.06 bits per heavy atom. The zero-order chi connectivity index (χ0) is 24.2. The molecular weight excluding hydrogens is 431 g/mol. The Hall–Kier alpha value is -3.73. The quantitative estimate of drug-likeness (QED) is 0.342. The first-order valence-electron chi connectivity index (χ1n) is 11.4. The van der Waals surface area contributed by atoms with Crippen molar-refractivity contribution in [3.8, 4) is 5.75 Å². The van der Waals surface area contributed by atoms with Crippen molar-refractivity contribution < 1.29 is 23.8 Å². The topological polar surface area (TPSA) is 63.6 Å². The van der Waals surface area contributed by atoms with Crippen molar-refractivity contribution in [2.45, 2.75) is 45.4 Å². The van der Waals surface area contributed by atoms with Crippen LogP contribution in [0.5, 0.6) is 5.75 Å². The van der Waals surface area contributed by atoms with Gasteiger partial charge in [-0.2, -0.15) is 0 Å². The monoisotopic (exact) mass is 458 g/mol. The van der Waals surface area contributed by atoms with Gasteiger partial charge in [0.05, 0.1) is 6.42 Å². The van der Waals surface area contributed by atoms with Gasteiger partial charge in [0.1, 0.15) is 11.6 Å². The lowest BCUT2D eigenvalue weighted by atomic mass is 9.73. The number of carbonyl (C=O) groups excluding carboxylic acids is 1. The average molecular weight is 459 g/mol. The van der Waals surface area contributed by atoms with E-state index in [1.54, 1.807) is 18.2 Å². The van der Waals surface area contributed by atoms with Crippen LogP contribution in [0.1, 0.15) is 54.0 Å². The smallest absolute Gasteiger partial charge is 0.308 e. The Morgan fingerprint density at radius 2 is 1.79 bits per heavy atom. The molecule has 0 aliphatic heterocycles. The molecule has 1 unspecified atom stereocenters. The van der Waals surface area contributed by atoms with Crippen LogP contribution < -0.4 is 4.74 Å². The zero-order valence-electron chi connectivity index (χ0n) is 19.3. The number of benzene rings is 3. The summed E-state index contributed by atoms with van der Waals surface area (Å²) in [6, 6.07) is 20.2. The van der Waals surface area contributed by atoms with E-state index in [4.69, 9.17) is 9.84 Å². The van der Waals surface area contributed by atoms with Gasteiger partial charge in [-0.05, 0) is 64.4 Å². The second-order valence-corrected chi connectivity index (χ2v) is 8.61. The predicted molar refractivity (Wildman–Crippen MR) is 129 cm³/mol. The second-order valence-electron chi connectivity index (χ2n) is 8.61. The van der Waals surface area contributed by atoms with E-state index in [-0.39, 0.29) is 24.1 Å². The molecule has 1 aliphatic rings. The van der Waals surface area contributed by atoms with Crippen LogP contribution in [0.3, 0.4) is 0 Å². The Balaban J connectivity index is 1.82. The molecule has 0 bridgehead atoms. The summed E-state index contributed by atoms with van der Waals surface area (Å²) in [5, 5.41) is 9.08. The molecule has 0 amide bonds. The SMILES string of the molecule is CCC1=C(Cc2ccccc2F)c2cc(OC(C)=O)ccc2CC1c1ccc(CC(=O)O)cc1. The second kappa shape index (κ2) is 10.0. The van der Waals surface area contributed by atoms with Gasteiger partial charge >= 0.3 is 11.9 Å². The molecule has 3 aromatic carbocycles. The van der Waals surface area contributed by atoms with Crippen molar-refractivity contribution in [1.82, 2.24) is 0 Å². The van der Waals surface area contributed by atoms with Gasteiger partial charge in [-0.3, -0.25) is 9.59 Å². The highest BCUT2D eigenvalue weighted by atomic mass is 19.1. The fraction of sp³-hybridized carbons (Fsp3) is 0.241. The number of esters is 1. The van der Waals surface area contributed by atoms with E-state index in [1.807, 2.05) is 42.5 Å². The number of ether oxygens (including phenoxy) is 1. The summed E-state index contributed by atoms with van der Waals surface area (Å²) in [4.78, 5) is 22.6. The number of hydrogen-bond donors (Lipinski definition) is 1. The Morgan fingerprint density at radius 3 is 2.44 bits per heavy atom. The molecule has 0 saturated carbocycles. The van der Waals surface area contributed by atoms with E-state index >= 15 is 0 Å². The molecule has 1 N–H and O–H groups in total. The number of carbonyl (C=O) groups is 2. The van der Waals surface area contributed by atoms with Gasteiger partial charge in [0.15, 0.2) is 0 Å². The molecule has 0 saturated heterocycles. The summed E-state index contributed by atoms with van der Waals surface area (Å²) in [7, 11) is 0. The van der Waals surface area contributed by atoms with Crippen molar-refractivity contribution >= 4 is 17.5 Å². The number of carboxylic acid groups (broad SMARTS) is 1. The summed E-state index contributed by atoms with van der Waals surface area (Å²) in [6.45, 7) is 3.47. The van der Waals surface area contributed by atoms with Crippen LogP contribution in [0.25, 0.3) is 5.57 Å². The molecular formula is C29H27FO4. The Labute approximate surface area is 198 Å². The summed E-state index contributed by atoms with van der Waals surface area (Å²) in [5.41, 5.74) is 6.82. The van der Waals surface area contributed by atoms with Crippen molar-refractivity contribution in [2.75, 3.05) is 0 Å². The maximum absolute atomic E-state index is 14.6. The number of rotatable bonds is 7. The lowest BCUT2D eigenvalue weighted by Crippen LogP contribution is -2.17. The average Bonchev–Trinajstić information content (AvgIpc) is 2.80. The van der Waals surface area contributed by atoms with Crippen LogP contribution in [0, 0.1) is 5.82 Å². The molecule has 0 spiro atoms. The van der Waals surface area contributed by atoms with E-state index in [1.165, 1.54) is 18.6 Å². The molecule has 5 heteroatoms. The van der Waals surface area contributed by atoms with Crippen molar-refractivity contribution in [3.05, 3.63) is 106 Å². The molecule has 1 atom stereocenters. The van der Waals surface area contributed by atoms with Gasteiger partial charge in [0, 0.05) is 19.3 Å². The largest absolute Gasteiger partial charge is 0.481 e. The molecule has 0 fully saturated rings. The van der Waals surface area contributed by atoms with Crippen molar-refractivity contribution in [2.24, 2.45) is 0 Å². The number of allylic oxidation sites excluding steroid dienone is 2. The van der Waals surface area contributed by atoms with E-state index in [2.05, 4.69) is 6.92 Å². The van der Waals surface area contributed by atoms with Gasteiger partial charge in [-0.25, -0.2) is 4.39 Å². The first-order chi connectivity index (χ1) is 16.4. The molecule has 34 heavy (non-hydrogen) atoms. The van der Waals surface area contributed by atoms with Gasteiger partial charge < -0.3 is 9.84 Å². The molecule has 1 aliphatic carbocycles. The third-order valence-corrected chi connectivity index (χ3v) is 6.34. The summed E-state index contributed by atoms with van der Waals surface area (Å²) >= 11 is 0. The fourth-order valence-electron chi connectivity index (χ4n) is 4.83. The van der Waals surface area contributed by atoms with E-state index < -0.39 is 5.97 Å². The number of hydrogen-bond acceptors (Lipinski definition) is 3. The van der Waals surface area contributed by atoms with Gasteiger partial charge in [-0.15, -0.1) is 0 Å². The molecule has 0 aromatic heterocycles. The molecule has 4 rings (SSSR count). The first kappa shape index (κ1) is 23.4. The highest BCUT2D eigenvalue weighted by Gasteiger charge is 2.28. The van der Waals surface area contributed by atoms with Crippen LogP contribution in [-0.4, -0.2) is 17.0 Å². The Bertz CT molecular complexity index is 1260. The van der Waals surface area contributed by atoms with Crippen LogP contribution in [-0.2, 0) is 28.9 Å². The number of carboxylic acids is 1. The minimum absolute atomic E-state index is 0.0122. The lowest BCUT2D eigenvalue weighted by Gasteiger charge is -2.31. The van der Waals surface area contributed by atoms with Gasteiger partial charge in [0.2, 0.25) is 0 Å². The normalized spacial score (nSPS) is 15.1. The van der Waals surface area contributed by atoms with Gasteiger partial charge in [0.25, 0.3) is 0 Å². The lowest BCUT2D eigenvalue weighted by molar-refractivity contribution is -0.136. The number of aliphatic carboxylic acids is 1. The van der Waals surface area contributed by atoms with Crippen molar-refractivity contribution in [1.29, 1.82) is 0 Å². The van der Waals surface area contributed by atoms with Crippen LogP contribution >= 0.6 is 0 Å². The third-order valence-electron chi connectivity index (χ3n) is 6.34. The zero-order valence-corrected chi connectivity index (χ0v) is 19.3. The number of fused-ring (bicyclic) bond motifs is 1. The number of halogens is 1. The summed E-state index contributed by atoms with van der Waals surface area (Å²) in [6.07, 6.45) is 1.96. The van der Waals surface area contributed by atoms with Gasteiger partial charge in [-0.1, -0.05) is 61.0 Å². The maximum Gasteiger partial charge on any atom is 0.308 e. The van der Waals surface area contributed by atoms with Crippen LogP contribution in [0.2, 0.25) is 0 Å². The van der Waals surface area contributed by atoms with E-state index in [9.17, 15) is 14.0 Å². The highest BCUT2D eigenvalue weighted by Crippen LogP contribution is 2.44. The molecule has 174 valence electrons. The minimum Gasteiger partial charge on any atom is -0.481 e. The molecule has 3 aromatic rings. The minimum atomic E-state index is -0.857. The maximum atomic E-state index is 14.6. The van der Waals surface area contributed by atoms with Crippen LogP contribution in [0.4, 0.5) is 4.39 Å². The van der Waals surface area contributed by atoms with Crippen LogP contribution in [0.15, 0.2) is 72.3 Å². The predicted octanol–water partition coefficient (Wildman–Crippen LogP) is 6.12. The highest BCUT2D eigenvalue weighted by molar-refractivity contribution is 5.78.